The Morgan fingerprint density at radius 2 is 2.05 bits per heavy atom. The SMILES string of the molecule is COc1ccc(N2CC(=O)NC(C(C)C)C2=O)c(C)c1. The number of rotatable bonds is 3. The highest BCUT2D eigenvalue weighted by molar-refractivity contribution is 6.07. The number of nitrogens with one attached hydrogen (secondary N) is 1. The molecule has 0 aliphatic carbocycles. The Kier molecular flexibility index (Phi) is 3.97. The molecular formula is C15H20N2O3. The van der Waals surface area contributed by atoms with E-state index in [0.29, 0.717) is 0 Å². The summed E-state index contributed by atoms with van der Waals surface area (Å²) in [4.78, 5) is 25.9. The quantitative estimate of drug-likeness (QED) is 0.910. The lowest BCUT2D eigenvalue weighted by Gasteiger charge is -2.35. The number of piperazine rings is 1. The van der Waals surface area contributed by atoms with E-state index in [1.807, 2.05) is 32.9 Å². The number of carbonyl (C=O) groups is 2. The summed E-state index contributed by atoms with van der Waals surface area (Å²) in [6.45, 7) is 5.82. The number of aryl methyl sites for hydroxylation is 1. The van der Waals surface area contributed by atoms with Gasteiger partial charge in [-0.25, -0.2) is 0 Å². The second-order valence-electron chi connectivity index (χ2n) is 5.37. The minimum absolute atomic E-state index is 0.0622. The fourth-order valence-electron chi connectivity index (χ4n) is 2.38. The first kappa shape index (κ1) is 14.4. The molecule has 5 nitrogen and oxygen atoms in total. The van der Waals surface area contributed by atoms with Crippen molar-refractivity contribution in [3.8, 4) is 5.75 Å². The molecule has 1 aliphatic heterocycles. The van der Waals surface area contributed by atoms with Crippen molar-refractivity contribution < 1.29 is 14.3 Å². The summed E-state index contributed by atoms with van der Waals surface area (Å²) in [7, 11) is 1.60. The Morgan fingerprint density at radius 3 is 2.60 bits per heavy atom. The molecule has 1 aromatic carbocycles. The lowest BCUT2D eigenvalue weighted by molar-refractivity contribution is -0.132. The number of methoxy groups -OCH3 is 1. The minimum Gasteiger partial charge on any atom is -0.497 e. The van der Waals surface area contributed by atoms with Crippen LogP contribution in [0.15, 0.2) is 18.2 Å². The van der Waals surface area contributed by atoms with E-state index in [-0.39, 0.29) is 24.3 Å². The van der Waals surface area contributed by atoms with Crippen molar-refractivity contribution in [2.24, 2.45) is 5.92 Å². The second kappa shape index (κ2) is 5.53. The van der Waals surface area contributed by atoms with Crippen LogP contribution in [0.1, 0.15) is 19.4 Å². The van der Waals surface area contributed by atoms with Crippen molar-refractivity contribution in [1.82, 2.24) is 5.32 Å². The van der Waals surface area contributed by atoms with Gasteiger partial charge in [0.15, 0.2) is 0 Å². The molecule has 2 amide bonds. The fourth-order valence-corrected chi connectivity index (χ4v) is 2.38. The van der Waals surface area contributed by atoms with E-state index in [1.165, 1.54) is 0 Å². The zero-order chi connectivity index (χ0) is 14.9. The summed E-state index contributed by atoms with van der Waals surface area (Å²) >= 11 is 0. The topological polar surface area (TPSA) is 58.6 Å². The molecule has 1 unspecified atom stereocenters. The zero-order valence-corrected chi connectivity index (χ0v) is 12.3. The molecule has 2 rings (SSSR count). The van der Waals surface area contributed by atoms with Crippen molar-refractivity contribution in [3.05, 3.63) is 23.8 Å². The van der Waals surface area contributed by atoms with Crippen LogP contribution < -0.4 is 15.0 Å². The van der Waals surface area contributed by atoms with Gasteiger partial charge in [0.25, 0.3) is 0 Å². The van der Waals surface area contributed by atoms with Crippen molar-refractivity contribution in [2.75, 3.05) is 18.6 Å². The molecule has 0 spiro atoms. The van der Waals surface area contributed by atoms with Crippen LogP contribution in [0, 0.1) is 12.8 Å². The van der Waals surface area contributed by atoms with Crippen LogP contribution in [0.2, 0.25) is 0 Å². The summed E-state index contributed by atoms with van der Waals surface area (Å²) < 4.78 is 5.16. The number of ether oxygens (including phenoxy) is 1. The Hall–Kier alpha value is -2.04. The van der Waals surface area contributed by atoms with Crippen LogP contribution in [0.4, 0.5) is 5.69 Å². The van der Waals surface area contributed by atoms with E-state index >= 15 is 0 Å². The molecule has 1 atom stereocenters. The number of hydrogen-bond acceptors (Lipinski definition) is 3. The molecular weight excluding hydrogens is 256 g/mol. The molecule has 1 aromatic rings. The van der Waals surface area contributed by atoms with E-state index in [1.54, 1.807) is 18.1 Å². The predicted octanol–water partition coefficient (Wildman–Crippen LogP) is 1.49. The minimum atomic E-state index is -0.460. The molecule has 0 aromatic heterocycles. The zero-order valence-electron chi connectivity index (χ0n) is 12.3. The molecule has 0 bridgehead atoms. The standard InChI is InChI=1S/C15H20N2O3/c1-9(2)14-15(19)17(8-13(18)16-14)12-6-5-11(20-4)7-10(12)3/h5-7,9,14H,8H2,1-4H3,(H,16,18). The second-order valence-corrected chi connectivity index (χ2v) is 5.37. The van der Waals surface area contributed by atoms with Gasteiger partial charge in [0, 0.05) is 5.69 Å². The van der Waals surface area contributed by atoms with Crippen LogP contribution >= 0.6 is 0 Å². The predicted molar refractivity (Wildman–Crippen MR) is 76.9 cm³/mol. The maximum absolute atomic E-state index is 12.5. The van der Waals surface area contributed by atoms with Gasteiger partial charge in [-0.05, 0) is 36.6 Å². The molecule has 1 N–H and O–H groups in total. The first-order valence-corrected chi connectivity index (χ1v) is 6.69. The van der Waals surface area contributed by atoms with Gasteiger partial charge in [-0.2, -0.15) is 0 Å². The van der Waals surface area contributed by atoms with Crippen molar-refractivity contribution >= 4 is 17.5 Å². The third-order valence-corrected chi connectivity index (χ3v) is 3.51. The smallest absolute Gasteiger partial charge is 0.250 e. The lowest BCUT2D eigenvalue weighted by Crippen LogP contribution is -2.60. The maximum Gasteiger partial charge on any atom is 0.250 e. The van der Waals surface area contributed by atoms with E-state index in [9.17, 15) is 9.59 Å². The van der Waals surface area contributed by atoms with Crippen LogP contribution in [0.3, 0.4) is 0 Å². The maximum atomic E-state index is 12.5. The molecule has 0 radical (unpaired) electrons. The van der Waals surface area contributed by atoms with Crippen molar-refractivity contribution in [1.29, 1.82) is 0 Å². The van der Waals surface area contributed by atoms with Crippen LogP contribution in [-0.2, 0) is 9.59 Å². The third-order valence-electron chi connectivity index (χ3n) is 3.51. The van der Waals surface area contributed by atoms with Gasteiger partial charge in [-0.1, -0.05) is 13.8 Å². The van der Waals surface area contributed by atoms with Gasteiger partial charge in [0.1, 0.15) is 18.3 Å². The first-order chi connectivity index (χ1) is 9.43. The van der Waals surface area contributed by atoms with Gasteiger partial charge < -0.3 is 15.0 Å². The van der Waals surface area contributed by atoms with Crippen LogP contribution in [0.5, 0.6) is 5.75 Å². The number of benzene rings is 1. The summed E-state index contributed by atoms with van der Waals surface area (Å²) in [5, 5.41) is 2.75. The average Bonchev–Trinajstić information content (AvgIpc) is 2.40. The van der Waals surface area contributed by atoms with Gasteiger partial charge in [-0.3, -0.25) is 9.59 Å². The van der Waals surface area contributed by atoms with Crippen LogP contribution in [-0.4, -0.2) is 31.5 Å². The largest absolute Gasteiger partial charge is 0.497 e. The number of amides is 2. The van der Waals surface area contributed by atoms with Crippen molar-refractivity contribution in [3.63, 3.8) is 0 Å². The molecule has 1 heterocycles. The van der Waals surface area contributed by atoms with Gasteiger partial charge in [0.2, 0.25) is 11.8 Å². The average molecular weight is 276 g/mol. The third kappa shape index (κ3) is 2.61. The highest BCUT2D eigenvalue weighted by Gasteiger charge is 2.35. The Balaban J connectivity index is 2.35. The molecule has 5 heteroatoms. The van der Waals surface area contributed by atoms with Crippen LogP contribution in [0.25, 0.3) is 0 Å². The number of anilines is 1. The highest BCUT2D eigenvalue weighted by Crippen LogP contribution is 2.27. The molecule has 108 valence electrons. The number of carbonyl (C=O) groups excluding carboxylic acids is 2. The molecule has 20 heavy (non-hydrogen) atoms. The van der Waals surface area contributed by atoms with Gasteiger partial charge >= 0.3 is 0 Å². The van der Waals surface area contributed by atoms with Gasteiger partial charge in [0.05, 0.1) is 7.11 Å². The molecule has 0 saturated carbocycles. The number of hydrogen-bond donors (Lipinski definition) is 1. The fraction of sp³-hybridized carbons (Fsp3) is 0.467. The summed E-state index contributed by atoms with van der Waals surface area (Å²) in [5.74, 6) is 0.611. The van der Waals surface area contributed by atoms with E-state index in [0.717, 1.165) is 17.0 Å². The Morgan fingerprint density at radius 1 is 1.35 bits per heavy atom. The van der Waals surface area contributed by atoms with E-state index < -0.39 is 6.04 Å². The van der Waals surface area contributed by atoms with Crippen molar-refractivity contribution in [2.45, 2.75) is 26.8 Å². The normalized spacial score (nSPS) is 19.2. The number of nitrogens with zero attached hydrogens (tertiary/aromatic N) is 1. The first-order valence-electron chi connectivity index (χ1n) is 6.69. The lowest BCUT2D eigenvalue weighted by atomic mass is 9.99. The monoisotopic (exact) mass is 276 g/mol. The highest BCUT2D eigenvalue weighted by atomic mass is 16.5. The summed E-state index contributed by atoms with van der Waals surface area (Å²) in [6.07, 6.45) is 0. The molecule has 1 saturated heterocycles. The summed E-state index contributed by atoms with van der Waals surface area (Å²) in [6, 6.07) is 5.02. The Labute approximate surface area is 118 Å². The van der Waals surface area contributed by atoms with E-state index in [2.05, 4.69) is 5.32 Å². The van der Waals surface area contributed by atoms with E-state index in [4.69, 9.17) is 4.74 Å². The Bertz CT molecular complexity index is 540. The molecule has 1 fully saturated rings. The summed E-state index contributed by atoms with van der Waals surface area (Å²) in [5.41, 5.74) is 1.67. The van der Waals surface area contributed by atoms with Gasteiger partial charge in [-0.15, -0.1) is 0 Å². The molecule has 1 aliphatic rings.